The van der Waals surface area contributed by atoms with Gasteiger partial charge in [0.2, 0.25) is 0 Å². The van der Waals surface area contributed by atoms with Crippen LogP contribution in [0.25, 0.3) is 0 Å². The first-order valence-corrected chi connectivity index (χ1v) is 4.91. The molecule has 0 spiro atoms. The van der Waals surface area contributed by atoms with E-state index in [1.54, 1.807) is 24.3 Å². The van der Waals surface area contributed by atoms with Gasteiger partial charge in [-0.2, -0.15) is 0 Å². The molecule has 0 radical (unpaired) electrons. The quantitative estimate of drug-likeness (QED) is 0.704. The molecule has 0 aliphatic carbocycles. The molecule has 3 N–H and O–H groups in total. The van der Waals surface area contributed by atoms with E-state index in [0.717, 1.165) is 0 Å². The second kappa shape index (κ2) is 5.09. The molecule has 0 aliphatic heterocycles. The first-order chi connectivity index (χ1) is 8.24. The molecule has 5 heteroatoms. The smallest absolute Gasteiger partial charge is 0.151 e. The summed E-state index contributed by atoms with van der Waals surface area (Å²) in [5.41, 5.74) is 2.29. The first-order valence-electron chi connectivity index (χ1n) is 4.91. The summed E-state index contributed by atoms with van der Waals surface area (Å²) >= 11 is 0. The molecule has 0 heterocycles. The highest BCUT2D eigenvalue weighted by atomic mass is 16.9. The van der Waals surface area contributed by atoms with Gasteiger partial charge in [0.05, 0.1) is 0 Å². The molecule has 0 unspecified atom stereocenters. The summed E-state index contributed by atoms with van der Waals surface area (Å²) in [6.45, 7) is 0. The average Bonchev–Trinajstić information content (AvgIpc) is 2.34. The molecule has 0 atom stereocenters. The van der Waals surface area contributed by atoms with Crippen molar-refractivity contribution in [2.24, 2.45) is 0 Å². The third-order valence-corrected chi connectivity index (χ3v) is 1.99. The lowest BCUT2D eigenvalue weighted by Gasteiger charge is -2.07. The third kappa shape index (κ3) is 3.29. The van der Waals surface area contributed by atoms with E-state index in [9.17, 15) is 0 Å². The predicted octanol–water partition coefficient (Wildman–Crippen LogP) is 1.98. The second-order valence-electron chi connectivity index (χ2n) is 3.28. The highest BCUT2D eigenvalue weighted by Crippen LogP contribution is 2.17. The number of benzene rings is 2. The summed E-state index contributed by atoms with van der Waals surface area (Å²) in [4.78, 5) is 10.1. The van der Waals surface area contributed by atoms with E-state index < -0.39 is 0 Å². The molecule has 0 saturated carbocycles. The van der Waals surface area contributed by atoms with Crippen molar-refractivity contribution >= 4 is 0 Å². The Hall–Kier alpha value is -2.40. The van der Waals surface area contributed by atoms with Crippen LogP contribution in [-0.2, 0) is 0 Å². The zero-order valence-electron chi connectivity index (χ0n) is 8.83. The van der Waals surface area contributed by atoms with Crippen LogP contribution in [-0.4, -0.2) is 10.2 Å². The van der Waals surface area contributed by atoms with Gasteiger partial charge in [-0.15, -0.1) is 0 Å². The van der Waals surface area contributed by atoms with Gasteiger partial charge in [-0.05, 0) is 48.5 Å². The Morgan fingerprint density at radius 2 is 1.00 bits per heavy atom. The molecule has 2 rings (SSSR count). The maximum absolute atomic E-state index is 9.06. The molecule has 5 nitrogen and oxygen atoms in total. The van der Waals surface area contributed by atoms with E-state index in [-0.39, 0.29) is 11.5 Å². The fourth-order valence-electron chi connectivity index (χ4n) is 1.15. The van der Waals surface area contributed by atoms with E-state index >= 15 is 0 Å². The Kier molecular flexibility index (Phi) is 3.32. The van der Waals surface area contributed by atoms with Crippen molar-refractivity contribution in [3.8, 4) is 23.0 Å². The molecule has 0 fully saturated rings. The number of aromatic hydroxyl groups is 2. The Labute approximate surface area is 97.8 Å². The van der Waals surface area contributed by atoms with Gasteiger partial charge in [0.25, 0.3) is 0 Å². The van der Waals surface area contributed by atoms with Gasteiger partial charge in [-0.3, -0.25) is 0 Å². The summed E-state index contributed by atoms with van der Waals surface area (Å²) in [6.07, 6.45) is 0. The molecule has 17 heavy (non-hydrogen) atoms. The number of phenolic OH excluding ortho intramolecular Hbond substituents is 2. The molecular weight excluding hydrogens is 222 g/mol. The van der Waals surface area contributed by atoms with Crippen molar-refractivity contribution in [1.82, 2.24) is 5.64 Å². The molecule has 0 amide bonds. The van der Waals surface area contributed by atoms with E-state index in [4.69, 9.17) is 19.9 Å². The van der Waals surface area contributed by atoms with Gasteiger partial charge in [-0.1, -0.05) is 0 Å². The largest absolute Gasteiger partial charge is 0.508 e. The minimum atomic E-state index is 0.164. The third-order valence-electron chi connectivity index (χ3n) is 1.99. The molecule has 88 valence electrons. The fourth-order valence-corrected chi connectivity index (χ4v) is 1.15. The maximum atomic E-state index is 9.06. The molecule has 0 aliphatic rings. The number of nitrogens with one attached hydrogen (secondary N) is 1. The van der Waals surface area contributed by atoms with E-state index in [1.165, 1.54) is 24.3 Å². The Morgan fingerprint density at radius 3 is 1.35 bits per heavy atom. The topological polar surface area (TPSA) is 71.0 Å². The van der Waals surface area contributed by atoms with Crippen LogP contribution in [0.15, 0.2) is 48.5 Å². The van der Waals surface area contributed by atoms with Crippen LogP contribution in [0.3, 0.4) is 0 Å². The van der Waals surface area contributed by atoms with Crippen molar-refractivity contribution in [3.63, 3.8) is 0 Å². The molecule has 2 aromatic carbocycles. The van der Waals surface area contributed by atoms with Crippen molar-refractivity contribution in [2.45, 2.75) is 0 Å². The van der Waals surface area contributed by atoms with Crippen LogP contribution in [0.4, 0.5) is 0 Å². The highest BCUT2D eigenvalue weighted by Gasteiger charge is 1.96. The van der Waals surface area contributed by atoms with Gasteiger partial charge in [0, 0.05) is 5.64 Å². The lowest BCUT2D eigenvalue weighted by molar-refractivity contribution is -0.0192. The van der Waals surface area contributed by atoms with Crippen LogP contribution in [0.5, 0.6) is 23.0 Å². The minimum absolute atomic E-state index is 0.164. The lowest BCUT2D eigenvalue weighted by atomic mass is 10.3. The van der Waals surface area contributed by atoms with Crippen molar-refractivity contribution in [2.75, 3.05) is 0 Å². The normalized spacial score (nSPS) is 9.88. The number of hydrogen-bond acceptors (Lipinski definition) is 5. The summed E-state index contributed by atoms with van der Waals surface area (Å²) in [5.74, 6) is 1.33. The van der Waals surface area contributed by atoms with E-state index in [2.05, 4.69) is 5.64 Å². The summed E-state index contributed by atoms with van der Waals surface area (Å²) in [5, 5.41) is 18.1. The Balaban J connectivity index is 1.83. The SMILES string of the molecule is Oc1ccc(ONOc2ccc(O)cc2)cc1. The average molecular weight is 233 g/mol. The first kappa shape index (κ1) is 11.1. The Bertz CT molecular complexity index is 421. The van der Waals surface area contributed by atoms with Crippen LogP contribution < -0.4 is 15.3 Å². The monoisotopic (exact) mass is 233 g/mol. The molecule has 2 aromatic rings. The fraction of sp³-hybridized carbons (Fsp3) is 0. The minimum Gasteiger partial charge on any atom is -0.508 e. The standard InChI is InChI=1S/C12H11NO4/c14-9-1-5-11(6-2-9)16-13-17-12-7-3-10(15)4-8-12/h1-8,13-15H. The van der Waals surface area contributed by atoms with Crippen LogP contribution in [0, 0.1) is 0 Å². The van der Waals surface area contributed by atoms with Crippen molar-refractivity contribution < 1.29 is 19.9 Å². The van der Waals surface area contributed by atoms with Gasteiger partial charge in [-0.25, -0.2) is 0 Å². The molecule has 0 aromatic heterocycles. The zero-order chi connectivity index (χ0) is 12.1. The van der Waals surface area contributed by atoms with Crippen LogP contribution in [0.1, 0.15) is 0 Å². The lowest BCUT2D eigenvalue weighted by Crippen LogP contribution is -2.22. The predicted molar refractivity (Wildman–Crippen MR) is 60.6 cm³/mol. The number of phenols is 2. The van der Waals surface area contributed by atoms with Gasteiger partial charge in [0.1, 0.15) is 11.5 Å². The summed E-state index contributed by atoms with van der Waals surface area (Å²) < 4.78 is 0. The molecule has 0 saturated heterocycles. The highest BCUT2D eigenvalue weighted by molar-refractivity contribution is 5.30. The van der Waals surface area contributed by atoms with E-state index in [1.807, 2.05) is 0 Å². The summed E-state index contributed by atoms with van der Waals surface area (Å²) in [6, 6.07) is 12.3. The van der Waals surface area contributed by atoms with Crippen molar-refractivity contribution in [1.29, 1.82) is 0 Å². The Morgan fingerprint density at radius 1 is 0.647 bits per heavy atom. The molecule has 0 bridgehead atoms. The summed E-state index contributed by atoms with van der Waals surface area (Å²) in [7, 11) is 0. The van der Waals surface area contributed by atoms with Crippen LogP contribution >= 0.6 is 0 Å². The zero-order valence-corrected chi connectivity index (χ0v) is 8.83. The van der Waals surface area contributed by atoms with Crippen molar-refractivity contribution in [3.05, 3.63) is 48.5 Å². The van der Waals surface area contributed by atoms with Gasteiger partial charge < -0.3 is 19.9 Å². The van der Waals surface area contributed by atoms with E-state index in [0.29, 0.717) is 11.5 Å². The maximum Gasteiger partial charge on any atom is 0.151 e. The number of rotatable bonds is 4. The number of hydrogen-bond donors (Lipinski definition) is 3. The van der Waals surface area contributed by atoms with Crippen LogP contribution in [0.2, 0.25) is 0 Å². The second-order valence-corrected chi connectivity index (χ2v) is 3.28. The van der Waals surface area contributed by atoms with Gasteiger partial charge in [0.15, 0.2) is 11.5 Å². The van der Waals surface area contributed by atoms with Gasteiger partial charge >= 0.3 is 0 Å². The molecular formula is C12H11NO4.